The number of rotatable bonds is 2. The lowest BCUT2D eigenvalue weighted by molar-refractivity contribution is 0.123. The molecule has 0 saturated carbocycles. The molecule has 0 aromatic heterocycles. The molecular formula is C15H23N3O. The standard InChI is InChI=1S/C15H23N3O/c1-13(2)17-9-11-18(12-10-17)15(19)16(3)14-7-5-4-6-8-14/h4-8,13H,9-12H2,1-3H3. The normalized spacial score (nSPS) is 16.7. The fourth-order valence-electron chi connectivity index (χ4n) is 2.40. The molecule has 0 unspecified atom stereocenters. The summed E-state index contributed by atoms with van der Waals surface area (Å²) in [6, 6.07) is 10.4. The third kappa shape index (κ3) is 3.26. The zero-order valence-corrected chi connectivity index (χ0v) is 12.0. The van der Waals surface area contributed by atoms with Crippen LogP contribution in [0.2, 0.25) is 0 Å². The second-order valence-electron chi connectivity index (χ2n) is 5.29. The summed E-state index contributed by atoms with van der Waals surface area (Å²) in [6.45, 7) is 7.96. The van der Waals surface area contributed by atoms with Crippen molar-refractivity contribution in [1.29, 1.82) is 0 Å². The molecule has 104 valence electrons. The van der Waals surface area contributed by atoms with Gasteiger partial charge in [0.1, 0.15) is 0 Å². The van der Waals surface area contributed by atoms with Crippen molar-refractivity contribution in [2.75, 3.05) is 38.1 Å². The summed E-state index contributed by atoms with van der Waals surface area (Å²) in [7, 11) is 1.84. The molecule has 0 spiro atoms. The van der Waals surface area contributed by atoms with Crippen molar-refractivity contribution in [3.63, 3.8) is 0 Å². The first-order valence-corrected chi connectivity index (χ1v) is 6.91. The molecule has 1 heterocycles. The van der Waals surface area contributed by atoms with Gasteiger partial charge in [0.05, 0.1) is 0 Å². The number of piperazine rings is 1. The van der Waals surface area contributed by atoms with E-state index < -0.39 is 0 Å². The Bertz CT molecular complexity index is 411. The fourth-order valence-corrected chi connectivity index (χ4v) is 2.40. The SMILES string of the molecule is CC(C)N1CCN(C(=O)N(C)c2ccccc2)CC1. The highest BCUT2D eigenvalue weighted by Crippen LogP contribution is 2.15. The minimum atomic E-state index is 0.0922. The van der Waals surface area contributed by atoms with E-state index >= 15 is 0 Å². The Balaban J connectivity index is 1.94. The van der Waals surface area contributed by atoms with Crippen molar-refractivity contribution in [2.45, 2.75) is 19.9 Å². The number of benzene rings is 1. The highest BCUT2D eigenvalue weighted by molar-refractivity contribution is 5.91. The van der Waals surface area contributed by atoms with Crippen LogP contribution in [0.3, 0.4) is 0 Å². The highest BCUT2D eigenvalue weighted by Gasteiger charge is 2.24. The van der Waals surface area contributed by atoms with Gasteiger partial charge in [0.15, 0.2) is 0 Å². The molecule has 0 aliphatic carbocycles. The molecule has 1 aromatic carbocycles. The Kier molecular flexibility index (Phi) is 4.43. The maximum absolute atomic E-state index is 12.4. The zero-order chi connectivity index (χ0) is 13.8. The van der Waals surface area contributed by atoms with Gasteiger partial charge in [-0.1, -0.05) is 18.2 Å². The van der Waals surface area contributed by atoms with E-state index in [4.69, 9.17) is 0 Å². The van der Waals surface area contributed by atoms with Gasteiger partial charge < -0.3 is 4.90 Å². The number of amides is 2. The maximum Gasteiger partial charge on any atom is 0.324 e. The Morgan fingerprint density at radius 2 is 1.68 bits per heavy atom. The molecule has 1 saturated heterocycles. The van der Waals surface area contributed by atoms with Crippen LogP contribution in [0.25, 0.3) is 0 Å². The van der Waals surface area contributed by atoms with Gasteiger partial charge in [0, 0.05) is 45.0 Å². The Hall–Kier alpha value is -1.55. The number of carbonyl (C=O) groups excluding carboxylic acids is 1. The van der Waals surface area contributed by atoms with E-state index in [-0.39, 0.29) is 6.03 Å². The summed E-state index contributed by atoms with van der Waals surface area (Å²) in [5.41, 5.74) is 0.943. The summed E-state index contributed by atoms with van der Waals surface area (Å²) in [5.74, 6) is 0. The number of hydrogen-bond donors (Lipinski definition) is 0. The molecule has 19 heavy (non-hydrogen) atoms. The Morgan fingerprint density at radius 3 is 2.21 bits per heavy atom. The first-order chi connectivity index (χ1) is 9.09. The molecule has 1 aliphatic rings. The summed E-state index contributed by atoms with van der Waals surface area (Å²) in [4.78, 5) is 18.5. The van der Waals surface area contributed by atoms with Gasteiger partial charge in [-0.2, -0.15) is 0 Å². The minimum Gasteiger partial charge on any atom is -0.322 e. The maximum atomic E-state index is 12.4. The van der Waals surface area contributed by atoms with Crippen molar-refractivity contribution < 1.29 is 4.79 Å². The predicted octanol–water partition coefficient (Wildman–Crippen LogP) is 2.27. The fraction of sp³-hybridized carbons (Fsp3) is 0.533. The first-order valence-electron chi connectivity index (χ1n) is 6.91. The first kappa shape index (κ1) is 13.9. The van der Waals surface area contributed by atoms with Gasteiger partial charge in [0.2, 0.25) is 0 Å². The number of anilines is 1. The topological polar surface area (TPSA) is 26.8 Å². The van der Waals surface area contributed by atoms with E-state index in [0.29, 0.717) is 6.04 Å². The van der Waals surface area contributed by atoms with Gasteiger partial charge in [-0.15, -0.1) is 0 Å². The molecule has 4 heteroatoms. The van der Waals surface area contributed by atoms with E-state index in [1.54, 1.807) is 4.90 Å². The molecule has 4 nitrogen and oxygen atoms in total. The molecule has 2 rings (SSSR count). The van der Waals surface area contributed by atoms with Crippen LogP contribution < -0.4 is 4.90 Å². The summed E-state index contributed by atoms with van der Waals surface area (Å²) >= 11 is 0. The summed E-state index contributed by atoms with van der Waals surface area (Å²) < 4.78 is 0. The third-order valence-corrected chi connectivity index (χ3v) is 3.75. The van der Waals surface area contributed by atoms with Gasteiger partial charge in [-0.3, -0.25) is 9.80 Å². The monoisotopic (exact) mass is 261 g/mol. The third-order valence-electron chi connectivity index (χ3n) is 3.75. The second kappa shape index (κ2) is 6.06. The van der Waals surface area contributed by atoms with E-state index in [9.17, 15) is 4.79 Å². The van der Waals surface area contributed by atoms with Crippen LogP contribution in [-0.4, -0.2) is 55.1 Å². The molecule has 0 radical (unpaired) electrons. The van der Waals surface area contributed by atoms with Crippen molar-refractivity contribution in [1.82, 2.24) is 9.80 Å². The number of para-hydroxylation sites is 1. The van der Waals surface area contributed by atoms with Crippen LogP contribution in [0.1, 0.15) is 13.8 Å². The summed E-state index contributed by atoms with van der Waals surface area (Å²) in [5, 5.41) is 0. The molecule has 1 aliphatic heterocycles. The molecule has 0 N–H and O–H groups in total. The van der Waals surface area contributed by atoms with Crippen LogP contribution >= 0.6 is 0 Å². The quantitative estimate of drug-likeness (QED) is 0.816. The molecule has 1 aromatic rings. The lowest BCUT2D eigenvalue weighted by Gasteiger charge is -2.38. The number of carbonyl (C=O) groups is 1. The van der Waals surface area contributed by atoms with Crippen LogP contribution in [0.15, 0.2) is 30.3 Å². The lowest BCUT2D eigenvalue weighted by atomic mass is 10.2. The van der Waals surface area contributed by atoms with E-state index in [0.717, 1.165) is 31.9 Å². The number of urea groups is 1. The Labute approximate surface area is 115 Å². The van der Waals surface area contributed by atoms with Crippen molar-refractivity contribution in [3.05, 3.63) is 30.3 Å². The highest BCUT2D eigenvalue weighted by atomic mass is 16.2. The number of nitrogens with zero attached hydrogens (tertiary/aromatic N) is 3. The zero-order valence-electron chi connectivity index (χ0n) is 12.0. The molecule has 0 bridgehead atoms. The van der Waals surface area contributed by atoms with Crippen LogP contribution in [-0.2, 0) is 0 Å². The van der Waals surface area contributed by atoms with Crippen molar-refractivity contribution >= 4 is 11.7 Å². The molecule has 2 amide bonds. The van der Waals surface area contributed by atoms with E-state index in [1.807, 2.05) is 42.3 Å². The van der Waals surface area contributed by atoms with Gasteiger partial charge >= 0.3 is 6.03 Å². The van der Waals surface area contributed by atoms with Gasteiger partial charge in [-0.25, -0.2) is 4.79 Å². The van der Waals surface area contributed by atoms with E-state index in [1.165, 1.54) is 0 Å². The second-order valence-corrected chi connectivity index (χ2v) is 5.29. The largest absolute Gasteiger partial charge is 0.324 e. The predicted molar refractivity (Wildman–Crippen MR) is 78.5 cm³/mol. The minimum absolute atomic E-state index is 0.0922. The van der Waals surface area contributed by atoms with Crippen LogP contribution in [0.5, 0.6) is 0 Å². The average molecular weight is 261 g/mol. The van der Waals surface area contributed by atoms with Crippen molar-refractivity contribution in [3.8, 4) is 0 Å². The van der Waals surface area contributed by atoms with Crippen LogP contribution in [0, 0.1) is 0 Å². The molecular weight excluding hydrogens is 238 g/mol. The summed E-state index contributed by atoms with van der Waals surface area (Å²) in [6.07, 6.45) is 0. The molecule has 1 fully saturated rings. The molecule has 0 atom stereocenters. The average Bonchev–Trinajstić information content (AvgIpc) is 2.46. The van der Waals surface area contributed by atoms with Gasteiger partial charge in [0.25, 0.3) is 0 Å². The van der Waals surface area contributed by atoms with Crippen LogP contribution in [0.4, 0.5) is 10.5 Å². The lowest BCUT2D eigenvalue weighted by Crippen LogP contribution is -2.53. The van der Waals surface area contributed by atoms with E-state index in [2.05, 4.69) is 18.7 Å². The number of hydrogen-bond acceptors (Lipinski definition) is 2. The van der Waals surface area contributed by atoms with Crippen molar-refractivity contribution in [2.24, 2.45) is 0 Å². The smallest absolute Gasteiger partial charge is 0.322 e. The Morgan fingerprint density at radius 1 is 1.11 bits per heavy atom. The van der Waals surface area contributed by atoms with Gasteiger partial charge in [-0.05, 0) is 26.0 Å².